The number of pyridine rings is 1. The van der Waals surface area contributed by atoms with E-state index in [2.05, 4.69) is 14.9 Å². The number of thiophene rings is 1. The van der Waals surface area contributed by atoms with Gasteiger partial charge in [0.05, 0.1) is 39.8 Å². The summed E-state index contributed by atoms with van der Waals surface area (Å²) in [6.45, 7) is 4.10. The molecule has 5 aromatic rings. The predicted molar refractivity (Wildman–Crippen MR) is 182 cm³/mol. The van der Waals surface area contributed by atoms with Crippen molar-refractivity contribution >= 4 is 55.7 Å². The van der Waals surface area contributed by atoms with Crippen molar-refractivity contribution in [3.8, 4) is 16.9 Å². The van der Waals surface area contributed by atoms with Gasteiger partial charge in [-0.3, -0.25) is 19.2 Å². The first-order valence-electron chi connectivity index (χ1n) is 15.3. The lowest BCUT2D eigenvalue weighted by atomic mass is 10.0. The van der Waals surface area contributed by atoms with E-state index in [0.29, 0.717) is 56.4 Å². The number of rotatable bonds is 10. The van der Waals surface area contributed by atoms with Crippen molar-refractivity contribution in [1.29, 1.82) is 0 Å². The van der Waals surface area contributed by atoms with Gasteiger partial charge in [-0.1, -0.05) is 11.6 Å². The van der Waals surface area contributed by atoms with Gasteiger partial charge in [0.1, 0.15) is 18.2 Å². The molecular weight excluding hydrogens is 648 g/mol. The van der Waals surface area contributed by atoms with Crippen molar-refractivity contribution < 1.29 is 23.4 Å². The zero-order valence-corrected chi connectivity index (χ0v) is 27.7. The smallest absolute Gasteiger partial charge is 0.338 e. The van der Waals surface area contributed by atoms with Crippen LogP contribution in [0.5, 0.6) is 5.75 Å². The molecule has 1 N–H and O–H groups in total. The minimum Gasteiger partial charge on any atom is -0.491 e. The van der Waals surface area contributed by atoms with Crippen molar-refractivity contribution in [3.63, 3.8) is 0 Å². The molecule has 2 aromatic carbocycles. The van der Waals surface area contributed by atoms with Crippen molar-refractivity contribution in [3.05, 3.63) is 80.8 Å². The Balaban J connectivity index is 1.21. The second kappa shape index (κ2) is 13.2. The Morgan fingerprint density at radius 1 is 1.17 bits per heavy atom. The van der Waals surface area contributed by atoms with Gasteiger partial charge in [0.2, 0.25) is 0 Å². The molecule has 246 valence electrons. The molecule has 13 heteroatoms. The minimum absolute atomic E-state index is 0.133. The third kappa shape index (κ3) is 6.95. The molecule has 0 aliphatic carbocycles. The van der Waals surface area contributed by atoms with Crippen molar-refractivity contribution in [1.82, 2.24) is 19.4 Å². The van der Waals surface area contributed by atoms with E-state index in [1.807, 2.05) is 25.2 Å². The SMILES string of the molecule is Cc1nc2ccc(N(C)C3CCN(CC(C)(F)F)CC3)cc2c(=O)n1CCOc1ccc(Cl)cc1-c1ccnc2c(C(=O)O)csc12. The molecule has 3 aromatic heterocycles. The number of alkyl halides is 2. The van der Waals surface area contributed by atoms with E-state index >= 15 is 0 Å². The van der Waals surface area contributed by atoms with E-state index in [1.54, 1.807) is 52.2 Å². The van der Waals surface area contributed by atoms with Crippen LogP contribution in [0, 0.1) is 6.92 Å². The van der Waals surface area contributed by atoms with Gasteiger partial charge >= 0.3 is 5.97 Å². The first-order valence-corrected chi connectivity index (χ1v) is 16.5. The van der Waals surface area contributed by atoms with Crippen LogP contribution < -0.4 is 15.2 Å². The molecule has 4 heterocycles. The van der Waals surface area contributed by atoms with Gasteiger partial charge in [-0.25, -0.2) is 18.6 Å². The lowest BCUT2D eigenvalue weighted by Gasteiger charge is -2.38. The summed E-state index contributed by atoms with van der Waals surface area (Å²) < 4.78 is 35.5. The number of carboxylic acids is 1. The average Bonchev–Trinajstić information content (AvgIpc) is 3.47. The van der Waals surface area contributed by atoms with Crippen LogP contribution in [0.3, 0.4) is 0 Å². The molecule has 47 heavy (non-hydrogen) atoms. The fourth-order valence-electron chi connectivity index (χ4n) is 6.25. The number of nitrogens with zero attached hydrogens (tertiary/aromatic N) is 5. The lowest BCUT2D eigenvalue weighted by molar-refractivity contribution is -0.0198. The third-order valence-electron chi connectivity index (χ3n) is 8.63. The third-order valence-corrected chi connectivity index (χ3v) is 9.87. The highest BCUT2D eigenvalue weighted by molar-refractivity contribution is 7.18. The highest BCUT2D eigenvalue weighted by atomic mass is 35.5. The first-order chi connectivity index (χ1) is 22.4. The number of ether oxygens (including phenoxy) is 1. The van der Waals surface area contributed by atoms with Gasteiger partial charge in [0.15, 0.2) is 0 Å². The number of halogens is 3. The summed E-state index contributed by atoms with van der Waals surface area (Å²) >= 11 is 7.66. The zero-order valence-electron chi connectivity index (χ0n) is 26.2. The lowest BCUT2D eigenvalue weighted by Crippen LogP contribution is -2.46. The van der Waals surface area contributed by atoms with E-state index in [-0.39, 0.29) is 36.9 Å². The van der Waals surface area contributed by atoms with E-state index in [4.69, 9.17) is 16.3 Å². The normalized spacial score (nSPS) is 14.6. The minimum atomic E-state index is -2.71. The molecule has 1 aliphatic rings. The highest BCUT2D eigenvalue weighted by Crippen LogP contribution is 2.39. The number of hydrogen-bond acceptors (Lipinski definition) is 8. The number of benzene rings is 2. The number of likely N-dealkylation sites (tertiary alicyclic amines) is 1. The van der Waals surface area contributed by atoms with E-state index in [0.717, 1.165) is 31.0 Å². The Morgan fingerprint density at radius 2 is 1.94 bits per heavy atom. The molecule has 0 unspecified atom stereocenters. The highest BCUT2D eigenvalue weighted by Gasteiger charge is 2.29. The van der Waals surface area contributed by atoms with Crippen molar-refractivity contribution in [2.75, 3.05) is 38.2 Å². The van der Waals surface area contributed by atoms with Crippen LogP contribution >= 0.6 is 22.9 Å². The zero-order chi connectivity index (χ0) is 33.5. The van der Waals surface area contributed by atoms with Crippen LogP contribution in [0.25, 0.3) is 32.2 Å². The van der Waals surface area contributed by atoms with Crippen molar-refractivity contribution in [2.45, 2.75) is 45.2 Å². The molecule has 0 saturated carbocycles. The average molecular weight is 682 g/mol. The number of aryl methyl sites for hydroxylation is 1. The number of aromatic nitrogens is 3. The number of carbonyl (C=O) groups is 1. The number of carboxylic acid groups (broad SMARTS) is 1. The Bertz CT molecular complexity index is 2020. The summed E-state index contributed by atoms with van der Waals surface area (Å²) in [7, 11) is 1.98. The summed E-state index contributed by atoms with van der Waals surface area (Å²) in [5, 5.41) is 12.1. The molecule has 0 amide bonds. The summed E-state index contributed by atoms with van der Waals surface area (Å²) in [6, 6.07) is 12.8. The Kier molecular flexibility index (Phi) is 9.19. The number of piperidine rings is 1. The standard InChI is InChI=1S/C34H34ClF2N5O4S/c1-20-39-28-6-5-23(40(3)22-9-12-41(13-10-22)19-34(2,36)37)17-26(28)32(43)42(20)14-15-46-29-7-4-21(35)16-25(29)24-8-11-38-30-27(33(44)45)18-47-31(24)30/h4-8,11,16-18,22H,9-10,12-15,19H2,1-3H3,(H,44,45). The largest absolute Gasteiger partial charge is 0.491 e. The second-order valence-electron chi connectivity index (χ2n) is 12.0. The fourth-order valence-corrected chi connectivity index (χ4v) is 7.45. The van der Waals surface area contributed by atoms with Crippen LogP contribution in [-0.4, -0.2) is 75.8 Å². The molecular formula is C34H34ClF2N5O4S. The van der Waals surface area contributed by atoms with Crippen molar-refractivity contribution in [2.24, 2.45) is 0 Å². The molecule has 0 radical (unpaired) electrons. The Morgan fingerprint density at radius 3 is 2.66 bits per heavy atom. The molecule has 1 aliphatic heterocycles. The fraction of sp³-hybridized carbons (Fsp3) is 0.353. The number of anilines is 1. The van der Waals surface area contributed by atoms with Gasteiger partial charge in [-0.05, 0) is 62.2 Å². The van der Waals surface area contributed by atoms with Gasteiger partial charge < -0.3 is 14.7 Å². The number of hydrogen-bond donors (Lipinski definition) is 1. The molecule has 0 bridgehead atoms. The maximum absolute atomic E-state index is 13.8. The maximum Gasteiger partial charge on any atom is 0.338 e. The Labute approximate surface area is 279 Å². The van der Waals surface area contributed by atoms with Gasteiger partial charge in [-0.2, -0.15) is 0 Å². The van der Waals surface area contributed by atoms with Crippen LogP contribution in [0.1, 0.15) is 35.9 Å². The Hall–Kier alpha value is -4.13. The van der Waals surface area contributed by atoms with Crippen LogP contribution in [0.4, 0.5) is 14.5 Å². The molecule has 1 fully saturated rings. The van der Waals surface area contributed by atoms with Gasteiger partial charge in [0.25, 0.3) is 11.5 Å². The van der Waals surface area contributed by atoms with E-state index in [9.17, 15) is 23.5 Å². The van der Waals surface area contributed by atoms with Gasteiger partial charge in [0, 0.05) is 66.5 Å². The summed E-state index contributed by atoms with van der Waals surface area (Å²) in [6.07, 6.45) is 3.07. The maximum atomic E-state index is 13.8. The molecule has 0 spiro atoms. The summed E-state index contributed by atoms with van der Waals surface area (Å²) in [5.41, 5.74) is 3.25. The van der Waals surface area contributed by atoms with Gasteiger partial charge in [-0.15, -0.1) is 11.3 Å². The summed E-state index contributed by atoms with van der Waals surface area (Å²) in [4.78, 5) is 38.4. The molecule has 1 saturated heterocycles. The first kappa shape index (κ1) is 32.8. The van der Waals surface area contributed by atoms with E-state index in [1.165, 1.54) is 11.3 Å². The topological polar surface area (TPSA) is 101 Å². The summed E-state index contributed by atoms with van der Waals surface area (Å²) in [5.74, 6) is -2.67. The quantitative estimate of drug-likeness (QED) is 0.169. The number of aromatic carboxylic acids is 1. The molecule has 9 nitrogen and oxygen atoms in total. The van der Waals surface area contributed by atoms with Crippen LogP contribution in [0.2, 0.25) is 5.02 Å². The monoisotopic (exact) mass is 681 g/mol. The molecule has 0 atom stereocenters. The molecule has 6 rings (SSSR count). The predicted octanol–water partition coefficient (Wildman–Crippen LogP) is 6.97. The van der Waals surface area contributed by atoms with E-state index < -0.39 is 11.9 Å². The van der Waals surface area contributed by atoms with Crippen LogP contribution in [-0.2, 0) is 6.54 Å². The van der Waals surface area contributed by atoms with Crippen LogP contribution in [0.15, 0.2) is 58.8 Å². The second-order valence-corrected chi connectivity index (χ2v) is 13.3. The number of fused-ring (bicyclic) bond motifs is 2.